The molecule has 0 aliphatic heterocycles. The quantitative estimate of drug-likeness (QED) is 0.456. The SMILES string of the molecule is COc1ccc(C(=O)N(Cc2cc3ccc(C)cc3[nH]c2=O)c2cccc(C)c2)cc1OC. The first kappa shape index (κ1) is 22.1. The number of methoxy groups -OCH3 is 2. The number of benzene rings is 3. The van der Waals surface area contributed by atoms with Gasteiger partial charge in [-0.25, -0.2) is 0 Å². The Bertz CT molecular complexity index is 1390. The molecule has 0 bridgehead atoms. The standard InChI is InChI=1S/C27H26N2O4/c1-17-6-5-7-22(12-17)29(27(31)20-10-11-24(32-3)25(15-20)33-4)16-21-14-19-9-8-18(2)13-23(19)28-26(21)30/h5-15H,16H2,1-4H3,(H,28,30). The Kier molecular flexibility index (Phi) is 6.18. The Balaban J connectivity index is 1.79. The van der Waals surface area contributed by atoms with Gasteiger partial charge in [0, 0.05) is 22.3 Å². The maximum atomic E-state index is 13.7. The number of anilines is 1. The number of rotatable bonds is 6. The van der Waals surface area contributed by atoms with Gasteiger partial charge in [0.1, 0.15) is 0 Å². The first-order valence-corrected chi connectivity index (χ1v) is 10.6. The summed E-state index contributed by atoms with van der Waals surface area (Å²) in [5.74, 6) is 0.758. The lowest BCUT2D eigenvalue weighted by Gasteiger charge is -2.24. The van der Waals surface area contributed by atoms with Crippen molar-refractivity contribution in [2.75, 3.05) is 19.1 Å². The van der Waals surface area contributed by atoms with E-state index in [1.807, 2.05) is 62.4 Å². The van der Waals surface area contributed by atoms with E-state index in [4.69, 9.17) is 9.47 Å². The molecule has 33 heavy (non-hydrogen) atoms. The molecule has 0 saturated carbocycles. The van der Waals surface area contributed by atoms with Gasteiger partial charge in [0.05, 0.1) is 20.8 Å². The molecule has 0 radical (unpaired) electrons. The molecule has 4 aromatic rings. The second kappa shape index (κ2) is 9.20. The minimum absolute atomic E-state index is 0.121. The van der Waals surface area contributed by atoms with Crippen LogP contribution in [0, 0.1) is 13.8 Å². The van der Waals surface area contributed by atoms with Crippen LogP contribution < -0.4 is 19.9 Å². The molecule has 4 rings (SSSR count). The van der Waals surface area contributed by atoms with Crippen LogP contribution in [0.4, 0.5) is 5.69 Å². The fraction of sp³-hybridized carbons (Fsp3) is 0.185. The van der Waals surface area contributed by atoms with Gasteiger partial charge in [0.2, 0.25) is 0 Å². The van der Waals surface area contributed by atoms with E-state index in [0.29, 0.717) is 28.3 Å². The molecule has 1 heterocycles. The zero-order valence-electron chi connectivity index (χ0n) is 19.1. The summed E-state index contributed by atoms with van der Waals surface area (Å²) < 4.78 is 10.7. The van der Waals surface area contributed by atoms with Crippen molar-refractivity contribution in [3.63, 3.8) is 0 Å². The number of aryl methyl sites for hydroxylation is 2. The number of pyridine rings is 1. The molecule has 3 aromatic carbocycles. The molecule has 0 aliphatic carbocycles. The maximum absolute atomic E-state index is 13.7. The number of aromatic amines is 1. The highest BCUT2D eigenvalue weighted by atomic mass is 16.5. The molecule has 0 atom stereocenters. The van der Waals surface area contributed by atoms with E-state index in [1.165, 1.54) is 7.11 Å². The zero-order chi connectivity index (χ0) is 23.5. The second-order valence-electron chi connectivity index (χ2n) is 8.01. The molecule has 0 spiro atoms. The third-order valence-electron chi connectivity index (χ3n) is 5.60. The predicted octanol–water partition coefficient (Wildman–Crippen LogP) is 5.01. The number of aromatic nitrogens is 1. The number of carbonyl (C=O) groups is 1. The summed E-state index contributed by atoms with van der Waals surface area (Å²) in [4.78, 5) is 31.1. The Morgan fingerprint density at radius 1 is 0.879 bits per heavy atom. The average Bonchev–Trinajstić information content (AvgIpc) is 2.81. The number of carbonyl (C=O) groups excluding carboxylic acids is 1. The number of nitrogens with zero attached hydrogens (tertiary/aromatic N) is 1. The van der Waals surface area contributed by atoms with Crippen molar-refractivity contribution in [3.8, 4) is 11.5 Å². The minimum atomic E-state index is -0.245. The summed E-state index contributed by atoms with van der Waals surface area (Å²) in [6.45, 7) is 4.07. The van der Waals surface area contributed by atoms with Gasteiger partial charge in [-0.15, -0.1) is 0 Å². The van der Waals surface area contributed by atoms with Crippen LogP contribution in [-0.4, -0.2) is 25.1 Å². The molecule has 0 aliphatic rings. The summed E-state index contributed by atoms with van der Waals surface area (Å²) in [7, 11) is 3.08. The predicted molar refractivity (Wildman–Crippen MR) is 131 cm³/mol. The van der Waals surface area contributed by atoms with E-state index >= 15 is 0 Å². The Hall–Kier alpha value is -4.06. The van der Waals surface area contributed by atoms with Crippen LogP contribution in [-0.2, 0) is 6.54 Å². The lowest BCUT2D eigenvalue weighted by atomic mass is 10.1. The third-order valence-corrected chi connectivity index (χ3v) is 5.60. The van der Waals surface area contributed by atoms with Gasteiger partial charge in [-0.05, 0) is 72.8 Å². The monoisotopic (exact) mass is 442 g/mol. The molecular weight excluding hydrogens is 416 g/mol. The minimum Gasteiger partial charge on any atom is -0.493 e. The fourth-order valence-corrected chi connectivity index (χ4v) is 3.85. The van der Waals surface area contributed by atoms with Crippen molar-refractivity contribution in [3.05, 3.63) is 99.3 Å². The van der Waals surface area contributed by atoms with Gasteiger partial charge in [-0.2, -0.15) is 0 Å². The van der Waals surface area contributed by atoms with Gasteiger partial charge in [0.25, 0.3) is 11.5 Å². The smallest absolute Gasteiger partial charge is 0.258 e. The number of nitrogens with one attached hydrogen (secondary N) is 1. The second-order valence-corrected chi connectivity index (χ2v) is 8.01. The molecule has 0 unspecified atom stereocenters. The van der Waals surface area contributed by atoms with Crippen LogP contribution in [0.1, 0.15) is 27.0 Å². The van der Waals surface area contributed by atoms with E-state index in [1.54, 1.807) is 30.2 Å². The highest BCUT2D eigenvalue weighted by Crippen LogP contribution is 2.29. The van der Waals surface area contributed by atoms with Crippen LogP contribution >= 0.6 is 0 Å². The Labute approximate surface area is 192 Å². The highest BCUT2D eigenvalue weighted by Gasteiger charge is 2.21. The van der Waals surface area contributed by atoms with Gasteiger partial charge in [0.15, 0.2) is 11.5 Å². The molecule has 6 heteroatoms. The molecule has 1 amide bonds. The first-order valence-electron chi connectivity index (χ1n) is 10.6. The van der Waals surface area contributed by atoms with E-state index in [-0.39, 0.29) is 18.0 Å². The van der Waals surface area contributed by atoms with Crippen LogP contribution in [0.3, 0.4) is 0 Å². The lowest BCUT2D eigenvalue weighted by molar-refractivity contribution is 0.0984. The van der Waals surface area contributed by atoms with Gasteiger partial charge >= 0.3 is 0 Å². The lowest BCUT2D eigenvalue weighted by Crippen LogP contribution is -2.33. The molecule has 0 saturated heterocycles. The topological polar surface area (TPSA) is 71.6 Å². The zero-order valence-corrected chi connectivity index (χ0v) is 19.1. The molecular formula is C27H26N2O4. The number of H-pyrrole nitrogens is 1. The normalized spacial score (nSPS) is 10.8. The van der Waals surface area contributed by atoms with Crippen molar-refractivity contribution >= 4 is 22.5 Å². The largest absolute Gasteiger partial charge is 0.493 e. The van der Waals surface area contributed by atoms with Crippen LogP contribution in [0.25, 0.3) is 10.9 Å². The molecule has 6 nitrogen and oxygen atoms in total. The maximum Gasteiger partial charge on any atom is 0.258 e. The highest BCUT2D eigenvalue weighted by molar-refractivity contribution is 6.06. The van der Waals surface area contributed by atoms with Crippen molar-refractivity contribution in [2.24, 2.45) is 0 Å². The number of fused-ring (bicyclic) bond motifs is 1. The van der Waals surface area contributed by atoms with Crippen molar-refractivity contribution in [1.82, 2.24) is 4.98 Å². The number of hydrogen-bond acceptors (Lipinski definition) is 4. The number of amides is 1. The summed E-state index contributed by atoms with van der Waals surface area (Å²) in [6, 6.07) is 20.5. The summed E-state index contributed by atoms with van der Waals surface area (Å²) in [5, 5.41) is 0.915. The molecule has 168 valence electrons. The van der Waals surface area contributed by atoms with E-state index in [0.717, 1.165) is 22.0 Å². The summed E-state index contributed by atoms with van der Waals surface area (Å²) in [6.07, 6.45) is 0. The molecule has 1 N–H and O–H groups in total. The third kappa shape index (κ3) is 4.60. The summed E-state index contributed by atoms with van der Waals surface area (Å²) >= 11 is 0. The van der Waals surface area contributed by atoms with Gasteiger partial charge < -0.3 is 19.4 Å². The van der Waals surface area contributed by atoms with E-state index in [9.17, 15) is 9.59 Å². The summed E-state index contributed by atoms with van der Waals surface area (Å²) in [5.41, 5.74) is 4.28. The first-order chi connectivity index (χ1) is 15.9. The fourth-order valence-electron chi connectivity index (χ4n) is 3.85. The van der Waals surface area contributed by atoms with Crippen molar-refractivity contribution in [1.29, 1.82) is 0 Å². The van der Waals surface area contributed by atoms with Gasteiger partial charge in [-0.3, -0.25) is 9.59 Å². The van der Waals surface area contributed by atoms with Crippen molar-refractivity contribution in [2.45, 2.75) is 20.4 Å². The van der Waals surface area contributed by atoms with Crippen LogP contribution in [0.5, 0.6) is 11.5 Å². The van der Waals surface area contributed by atoms with E-state index in [2.05, 4.69) is 4.98 Å². The number of hydrogen-bond donors (Lipinski definition) is 1. The van der Waals surface area contributed by atoms with Crippen molar-refractivity contribution < 1.29 is 14.3 Å². The van der Waals surface area contributed by atoms with E-state index < -0.39 is 0 Å². The van der Waals surface area contributed by atoms with Crippen LogP contribution in [0.2, 0.25) is 0 Å². The van der Waals surface area contributed by atoms with Crippen LogP contribution in [0.15, 0.2) is 71.5 Å². The molecule has 0 fully saturated rings. The average molecular weight is 443 g/mol. The Morgan fingerprint density at radius 2 is 1.64 bits per heavy atom. The Morgan fingerprint density at radius 3 is 2.36 bits per heavy atom. The number of ether oxygens (including phenoxy) is 2. The van der Waals surface area contributed by atoms with Gasteiger partial charge in [-0.1, -0.05) is 24.3 Å². The molecule has 1 aromatic heterocycles.